The smallest absolute Gasteiger partial charge is 0.305 e. The van der Waals surface area contributed by atoms with E-state index >= 15 is 0 Å². The SMILES string of the molecule is CCCCCCCCCCCCCCCOC(=O)CCCC(=O)OCC(CC)CCCC. The third-order valence-corrected chi connectivity index (χ3v) is 6.30. The molecule has 0 aliphatic heterocycles. The number of rotatable bonds is 24. The molecule has 0 aromatic heterocycles. The molecule has 0 rings (SSSR count). The van der Waals surface area contributed by atoms with E-state index in [-0.39, 0.29) is 11.9 Å². The highest BCUT2D eigenvalue weighted by Crippen LogP contribution is 2.14. The van der Waals surface area contributed by atoms with E-state index in [1.165, 1.54) is 83.5 Å². The summed E-state index contributed by atoms with van der Waals surface area (Å²) in [6.07, 6.45) is 22.7. The Labute approximate surface area is 199 Å². The molecule has 0 bridgehead atoms. The number of esters is 2. The molecule has 32 heavy (non-hydrogen) atoms. The summed E-state index contributed by atoms with van der Waals surface area (Å²) in [5.74, 6) is 0.0829. The fourth-order valence-electron chi connectivity index (χ4n) is 3.94. The molecule has 0 saturated carbocycles. The average molecular weight is 455 g/mol. The molecule has 4 nitrogen and oxygen atoms in total. The summed E-state index contributed by atoms with van der Waals surface area (Å²) < 4.78 is 10.7. The first kappa shape index (κ1) is 30.9. The highest BCUT2D eigenvalue weighted by atomic mass is 16.5. The second-order valence-electron chi connectivity index (χ2n) is 9.42. The van der Waals surface area contributed by atoms with Crippen LogP contribution >= 0.6 is 0 Å². The van der Waals surface area contributed by atoms with Crippen LogP contribution in [0.2, 0.25) is 0 Å². The van der Waals surface area contributed by atoms with E-state index in [0.717, 1.165) is 25.7 Å². The van der Waals surface area contributed by atoms with Crippen LogP contribution in [0.25, 0.3) is 0 Å². The van der Waals surface area contributed by atoms with Crippen LogP contribution in [0.4, 0.5) is 0 Å². The summed E-state index contributed by atoms with van der Waals surface area (Å²) >= 11 is 0. The lowest BCUT2D eigenvalue weighted by Crippen LogP contribution is -2.14. The van der Waals surface area contributed by atoms with Crippen molar-refractivity contribution in [3.8, 4) is 0 Å². The first-order valence-corrected chi connectivity index (χ1v) is 13.9. The van der Waals surface area contributed by atoms with Gasteiger partial charge in [-0.1, -0.05) is 117 Å². The normalized spacial score (nSPS) is 12.0. The van der Waals surface area contributed by atoms with Crippen molar-refractivity contribution in [1.82, 2.24) is 0 Å². The second kappa shape index (κ2) is 24.6. The lowest BCUT2D eigenvalue weighted by molar-refractivity contribution is -0.146. The molecule has 0 aliphatic rings. The Morgan fingerprint density at radius 1 is 0.562 bits per heavy atom. The van der Waals surface area contributed by atoms with Gasteiger partial charge in [-0.05, 0) is 25.2 Å². The van der Waals surface area contributed by atoms with E-state index in [9.17, 15) is 9.59 Å². The van der Waals surface area contributed by atoms with Gasteiger partial charge in [0.05, 0.1) is 13.2 Å². The second-order valence-corrected chi connectivity index (χ2v) is 9.42. The van der Waals surface area contributed by atoms with Gasteiger partial charge in [-0.2, -0.15) is 0 Å². The minimum absolute atomic E-state index is 0.189. The van der Waals surface area contributed by atoms with Crippen LogP contribution in [-0.2, 0) is 19.1 Å². The molecule has 0 amide bonds. The van der Waals surface area contributed by atoms with Crippen LogP contribution in [-0.4, -0.2) is 25.2 Å². The largest absolute Gasteiger partial charge is 0.466 e. The highest BCUT2D eigenvalue weighted by Gasteiger charge is 2.11. The van der Waals surface area contributed by atoms with Gasteiger partial charge in [0.25, 0.3) is 0 Å². The first-order chi connectivity index (χ1) is 15.6. The van der Waals surface area contributed by atoms with Crippen molar-refractivity contribution >= 4 is 11.9 Å². The van der Waals surface area contributed by atoms with Crippen molar-refractivity contribution in [2.24, 2.45) is 5.92 Å². The summed E-state index contributed by atoms with van der Waals surface area (Å²) in [5, 5.41) is 0. The van der Waals surface area contributed by atoms with Gasteiger partial charge < -0.3 is 9.47 Å². The van der Waals surface area contributed by atoms with Gasteiger partial charge in [0.2, 0.25) is 0 Å². The van der Waals surface area contributed by atoms with Crippen molar-refractivity contribution in [1.29, 1.82) is 0 Å². The predicted octanol–water partition coefficient (Wildman–Crippen LogP) is 8.55. The van der Waals surface area contributed by atoms with Gasteiger partial charge >= 0.3 is 11.9 Å². The summed E-state index contributed by atoms with van der Waals surface area (Å²) in [5.41, 5.74) is 0. The summed E-state index contributed by atoms with van der Waals surface area (Å²) in [7, 11) is 0. The Morgan fingerprint density at radius 2 is 1.03 bits per heavy atom. The average Bonchev–Trinajstić information content (AvgIpc) is 2.79. The van der Waals surface area contributed by atoms with E-state index in [1.54, 1.807) is 0 Å². The maximum atomic E-state index is 11.8. The number of hydrogen-bond donors (Lipinski definition) is 0. The van der Waals surface area contributed by atoms with Crippen molar-refractivity contribution < 1.29 is 19.1 Å². The van der Waals surface area contributed by atoms with E-state index in [1.807, 2.05) is 0 Å². The number of carbonyl (C=O) groups excluding carboxylic acids is 2. The fraction of sp³-hybridized carbons (Fsp3) is 0.929. The minimum Gasteiger partial charge on any atom is -0.466 e. The predicted molar refractivity (Wildman–Crippen MR) is 135 cm³/mol. The van der Waals surface area contributed by atoms with Gasteiger partial charge in [-0.3, -0.25) is 9.59 Å². The minimum atomic E-state index is -0.191. The van der Waals surface area contributed by atoms with Crippen LogP contribution in [0.1, 0.15) is 149 Å². The summed E-state index contributed by atoms with van der Waals surface area (Å²) in [6, 6.07) is 0. The molecule has 0 saturated heterocycles. The van der Waals surface area contributed by atoms with Crippen molar-refractivity contribution in [2.75, 3.05) is 13.2 Å². The molecule has 0 N–H and O–H groups in total. The van der Waals surface area contributed by atoms with Crippen molar-refractivity contribution in [3.63, 3.8) is 0 Å². The van der Waals surface area contributed by atoms with Crippen LogP contribution in [0.3, 0.4) is 0 Å². The summed E-state index contributed by atoms with van der Waals surface area (Å²) in [4.78, 5) is 23.6. The molecule has 0 heterocycles. The molecule has 1 atom stereocenters. The molecule has 1 unspecified atom stereocenters. The quantitative estimate of drug-likeness (QED) is 0.108. The van der Waals surface area contributed by atoms with Crippen LogP contribution in [0.5, 0.6) is 0 Å². The van der Waals surface area contributed by atoms with Crippen molar-refractivity contribution in [3.05, 3.63) is 0 Å². The van der Waals surface area contributed by atoms with Gasteiger partial charge in [0.15, 0.2) is 0 Å². The van der Waals surface area contributed by atoms with Gasteiger partial charge in [0, 0.05) is 12.8 Å². The van der Waals surface area contributed by atoms with Crippen LogP contribution in [0.15, 0.2) is 0 Å². The lowest BCUT2D eigenvalue weighted by atomic mass is 10.0. The Hall–Kier alpha value is -1.06. The Morgan fingerprint density at radius 3 is 1.53 bits per heavy atom. The van der Waals surface area contributed by atoms with Crippen LogP contribution < -0.4 is 0 Å². The third kappa shape index (κ3) is 22.1. The van der Waals surface area contributed by atoms with Crippen LogP contribution in [0, 0.1) is 5.92 Å². The topological polar surface area (TPSA) is 52.6 Å². The number of ether oxygens (including phenoxy) is 2. The molecule has 0 aliphatic carbocycles. The Kier molecular flexibility index (Phi) is 23.8. The van der Waals surface area contributed by atoms with E-state index in [0.29, 0.717) is 38.4 Å². The fourth-order valence-corrected chi connectivity index (χ4v) is 3.94. The van der Waals surface area contributed by atoms with E-state index < -0.39 is 0 Å². The number of unbranched alkanes of at least 4 members (excludes halogenated alkanes) is 13. The number of hydrogen-bond acceptors (Lipinski definition) is 4. The zero-order chi connectivity index (χ0) is 23.7. The van der Waals surface area contributed by atoms with Crippen molar-refractivity contribution in [2.45, 2.75) is 149 Å². The zero-order valence-electron chi connectivity index (χ0n) is 21.8. The monoisotopic (exact) mass is 454 g/mol. The Balaban J connectivity index is 3.40. The molecule has 0 aromatic rings. The van der Waals surface area contributed by atoms with Gasteiger partial charge in [-0.15, -0.1) is 0 Å². The molecular weight excluding hydrogens is 400 g/mol. The zero-order valence-corrected chi connectivity index (χ0v) is 21.8. The molecule has 190 valence electrons. The molecule has 0 aromatic carbocycles. The molecule has 0 spiro atoms. The highest BCUT2D eigenvalue weighted by molar-refractivity contribution is 5.72. The maximum absolute atomic E-state index is 11.8. The maximum Gasteiger partial charge on any atom is 0.305 e. The molecule has 4 heteroatoms. The molecule has 0 fully saturated rings. The molecule has 0 radical (unpaired) electrons. The van der Waals surface area contributed by atoms with E-state index in [2.05, 4.69) is 20.8 Å². The van der Waals surface area contributed by atoms with E-state index in [4.69, 9.17) is 9.47 Å². The van der Waals surface area contributed by atoms with Gasteiger partial charge in [-0.25, -0.2) is 0 Å². The summed E-state index contributed by atoms with van der Waals surface area (Å²) in [6.45, 7) is 7.61. The number of carbonyl (C=O) groups is 2. The lowest BCUT2D eigenvalue weighted by Gasteiger charge is -2.14. The Bertz CT molecular complexity index is 422. The van der Waals surface area contributed by atoms with Gasteiger partial charge in [0.1, 0.15) is 0 Å². The molecular formula is C28H54O4. The third-order valence-electron chi connectivity index (χ3n) is 6.30. The standard InChI is InChI=1S/C28H54O4/c1-4-7-9-10-11-12-13-14-15-16-17-18-19-24-31-27(29)22-20-23-28(30)32-25-26(6-3)21-8-5-2/h26H,4-25H2,1-3H3. The first-order valence-electron chi connectivity index (χ1n) is 13.9.